The van der Waals surface area contributed by atoms with E-state index in [0.717, 1.165) is 12.6 Å². The Morgan fingerprint density at radius 2 is 2.45 bits per heavy atom. The second kappa shape index (κ2) is 2.95. The fourth-order valence-electron chi connectivity index (χ4n) is 1.14. The summed E-state index contributed by atoms with van der Waals surface area (Å²) in [6.07, 6.45) is 2.76. The molecular formula is C9H13NS. The lowest BCUT2D eigenvalue weighted by molar-refractivity contribution is 0.687. The van der Waals surface area contributed by atoms with Crippen LogP contribution in [0.25, 0.3) is 0 Å². The van der Waals surface area contributed by atoms with E-state index in [1.54, 1.807) is 0 Å². The van der Waals surface area contributed by atoms with E-state index in [2.05, 4.69) is 23.7 Å². The third-order valence-electron chi connectivity index (χ3n) is 2.12. The summed E-state index contributed by atoms with van der Waals surface area (Å²) in [5, 5.41) is 5.67. The van der Waals surface area contributed by atoms with Crippen LogP contribution in [0, 0.1) is 6.92 Å². The lowest BCUT2D eigenvalue weighted by Gasteiger charge is -2.00. The van der Waals surface area contributed by atoms with E-state index in [9.17, 15) is 0 Å². The van der Waals surface area contributed by atoms with Crippen molar-refractivity contribution in [3.05, 3.63) is 21.9 Å². The monoisotopic (exact) mass is 167 g/mol. The second-order valence-electron chi connectivity index (χ2n) is 3.16. The van der Waals surface area contributed by atoms with E-state index >= 15 is 0 Å². The largest absolute Gasteiger partial charge is 0.310 e. The molecule has 0 spiro atoms. The van der Waals surface area contributed by atoms with Crippen LogP contribution in [0.2, 0.25) is 0 Å². The van der Waals surface area contributed by atoms with E-state index in [4.69, 9.17) is 0 Å². The molecule has 11 heavy (non-hydrogen) atoms. The van der Waals surface area contributed by atoms with Gasteiger partial charge in [-0.3, -0.25) is 0 Å². The van der Waals surface area contributed by atoms with Gasteiger partial charge in [-0.15, -0.1) is 11.3 Å². The van der Waals surface area contributed by atoms with Crippen LogP contribution >= 0.6 is 11.3 Å². The van der Waals surface area contributed by atoms with Crippen LogP contribution in [0.1, 0.15) is 23.3 Å². The van der Waals surface area contributed by atoms with Gasteiger partial charge in [-0.05, 0) is 36.8 Å². The standard InChI is InChI=1S/C9H13NS/c1-7-8(4-5-11-7)6-10-9-2-3-9/h4-5,9-10H,2-3,6H2,1H3. The zero-order valence-electron chi connectivity index (χ0n) is 6.76. The van der Waals surface area contributed by atoms with Crippen molar-refractivity contribution < 1.29 is 0 Å². The van der Waals surface area contributed by atoms with Gasteiger partial charge in [0.1, 0.15) is 0 Å². The SMILES string of the molecule is Cc1sccc1CNC1CC1. The second-order valence-corrected chi connectivity index (χ2v) is 4.28. The summed E-state index contributed by atoms with van der Waals surface area (Å²) in [7, 11) is 0. The summed E-state index contributed by atoms with van der Waals surface area (Å²) in [5.74, 6) is 0. The molecule has 0 aromatic carbocycles. The van der Waals surface area contributed by atoms with Crippen molar-refractivity contribution in [3.8, 4) is 0 Å². The number of hydrogen-bond acceptors (Lipinski definition) is 2. The minimum Gasteiger partial charge on any atom is -0.310 e. The predicted molar refractivity (Wildman–Crippen MR) is 48.9 cm³/mol. The van der Waals surface area contributed by atoms with Gasteiger partial charge in [0.15, 0.2) is 0 Å². The van der Waals surface area contributed by atoms with Crippen LogP contribution in [0.15, 0.2) is 11.4 Å². The van der Waals surface area contributed by atoms with Crippen LogP contribution in [-0.2, 0) is 6.54 Å². The Morgan fingerprint density at radius 3 is 3.00 bits per heavy atom. The summed E-state index contributed by atoms with van der Waals surface area (Å²) in [4.78, 5) is 1.46. The first kappa shape index (κ1) is 7.32. The molecule has 1 fully saturated rings. The Hall–Kier alpha value is -0.340. The average Bonchev–Trinajstić information content (AvgIpc) is 2.73. The number of nitrogens with one attached hydrogen (secondary N) is 1. The van der Waals surface area contributed by atoms with Crippen LogP contribution in [0.5, 0.6) is 0 Å². The number of rotatable bonds is 3. The summed E-state index contributed by atoms with van der Waals surface area (Å²) < 4.78 is 0. The predicted octanol–water partition coefficient (Wildman–Crippen LogP) is 2.31. The Balaban J connectivity index is 1.89. The minimum absolute atomic E-state index is 0.828. The molecule has 0 atom stereocenters. The van der Waals surface area contributed by atoms with Gasteiger partial charge in [0, 0.05) is 17.5 Å². The molecule has 0 saturated heterocycles. The van der Waals surface area contributed by atoms with Gasteiger partial charge >= 0.3 is 0 Å². The van der Waals surface area contributed by atoms with Crippen molar-refractivity contribution in [2.45, 2.75) is 32.4 Å². The zero-order valence-corrected chi connectivity index (χ0v) is 7.58. The van der Waals surface area contributed by atoms with Gasteiger partial charge < -0.3 is 5.32 Å². The Morgan fingerprint density at radius 1 is 1.64 bits per heavy atom. The van der Waals surface area contributed by atoms with Crippen molar-refractivity contribution in [3.63, 3.8) is 0 Å². The molecule has 0 amide bonds. The first-order valence-corrected chi connectivity index (χ1v) is 5.00. The van der Waals surface area contributed by atoms with Gasteiger partial charge in [-0.1, -0.05) is 0 Å². The average molecular weight is 167 g/mol. The van der Waals surface area contributed by atoms with E-state index < -0.39 is 0 Å². The molecule has 1 aliphatic rings. The topological polar surface area (TPSA) is 12.0 Å². The molecule has 1 saturated carbocycles. The van der Waals surface area contributed by atoms with E-state index in [-0.39, 0.29) is 0 Å². The molecule has 0 unspecified atom stereocenters. The molecule has 1 nitrogen and oxygen atoms in total. The van der Waals surface area contributed by atoms with Crippen LogP contribution < -0.4 is 5.32 Å². The van der Waals surface area contributed by atoms with E-state index in [1.807, 2.05) is 11.3 Å². The quantitative estimate of drug-likeness (QED) is 0.728. The summed E-state index contributed by atoms with van der Waals surface area (Å²) in [6.45, 7) is 3.26. The molecule has 0 aliphatic heterocycles. The zero-order chi connectivity index (χ0) is 7.68. The Kier molecular flexibility index (Phi) is 1.96. The van der Waals surface area contributed by atoms with Crippen molar-refractivity contribution in [2.24, 2.45) is 0 Å². The lowest BCUT2D eigenvalue weighted by atomic mass is 10.3. The molecule has 1 aliphatic carbocycles. The van der Waals surface area contributed by atoms with Crippen LogP contribution in [-0.4, -0.2) is 6.04 Å². The number of thiophene rings is 1. The first-order valence-electron chi connectivity index (χ1n) is 4.12. The molecule has 2 heteroatoms. The summed E-state index contributed by atoms with van der Waals surface area (Å²) >= 11 is 1.84. The highest BCUT2D eigenvalue weighted by atomic mass is 32.1. The van der Waals surface area contributed by atoms with E-state index in [1.165, 1.54) is 23.3 Å². The third-order valence-corrected chi connectivity index (χ3v) is 3.01. The van der Waals surface area contributed by atoms with Crippen LogP contribution in [0.4, 0.5) is 0 Å². The maximum atomic E-state index is 3.51. The lowest BCUT2D eigenvalue weighted by Crippen LogP contribution is -2.15. The van der Waals surface area contributed by atoms with Gasteiger partial charge in [-0.2, -0.15) is 0 Å². The number of hydrogen-bond donors (Lipinski definition) is 1. The Bertz CT molecular complexity index is 237. The minimum atomic E-state index is 0.828. The molecule has 1 heterocycles. The normalized spacial score (nSPS) is 17.2. The van der Waals surface area contributed by atoms with Gasteiger partial charge in [0.05, 0.1) is 0 Å². The van der Waals surface area contributed by atoms with Gasteiger partial charge in [0.25, 0.3) is 0 Å². The van der Waals surface area contributed by atoms with Gasteiger partial charge in [0.2, 0.25) is 0 Å². The van der Waals surface area contributed by atoms with Crippen molar-refractivity contribution >= 4 is 11.3 Å². The van der Waals surface area contributed by atoms with Crippen molar-refractivity contribution in [1.82, 2.24) is 5.32 Å². The first-order chi connectivity index (χ1) is 5.36. The van der Waals surface area contributed by atoms with Crippen LogP contribution in [0.3, 0.4) is 0 Å². The third kappa shape index (κ3) is 1.82. The fourth-order valence-corrected chi connectivity index (χ4v) is 1.86. The Labute approximate surface area is 71.4 Å². The van der Waals surface area contributed by atoms with E-state index in [0.29, 0.717) is 0 Å². The highest BCUT2D eigenvalue weighted by Crippen LogP contribution is 2.21. The van der Waals surface area contributed by atoms with Crippen molar-refractivity contribution in [1.29, 1.82) is 0 Å². The van der Waals surface area contributed by atoms with Crippen molar-refractivity contribution in [2.75, 3.05) is 0 Å². The molecule has 0 radical (unpaired) electrons. The fraction of sp³-hybridized carbons (Fsp3) is 0.556. The molecule has 1 aromatic rings. The summed E-state index contributed by atoms with van der Waals surface area (Å²) in [5.41, 5.74) is 1.47. The number of aryl methyl sites for hydroxylation is 1. The van der Waals surface area contributed by atoms with Gasteiger partial charge in [-0.25, -0.2) is 0 Å². The molecular weight excluding hydrogens is 154 g/mol. The maximum absolute atomic E-state index is 3.51. The smallest absolute Gasteiger partial charge is 0.0219 e. The maximum Gasteiger partial charge on any atom is 0.0219 e. The molecule has 60 valence electrons. The summed E-state index contributed by atoms with van der Waals surface area (Å²) in [6, 6.07) is 3.05. The molecule has 0 bridgehead atoms. The molecule has 1 N–H and O–H groups in total. The highest BCUT2D eigenvalue weighted by Gasteiger charge is 2.20. The molecule has 1 aromatic heterocycles. The molecule has 2 rings (SSSR count). The highest BCUT2D eigenvalue weighted by molar-refractivity contribution is 7.10.